The summed E-state index contributed by atoms with van der Waals surface area (Å²) in [6.07, 6.45) is 0. The molecule has 0 fully saturated rings. The van der Waals surface area contributed by atoms with Gasteiger partial charge in [-0.25, -0.2) is 19.9 Å². The average molecular weight is 322 g/mol. The maximum atomic E-state index is 4.35. The molecule has 130 valence electrons. The number of hydrogen-bond donors (Lipinski definition) is 0. The Kier molecular flexibility index (Phi) is 18.4. The Morgan fingerprint density at radius 2 is 0.636 bits per heavy atom. The van der Waals surface area contributed by atoms with Crippen LogP contribution in [0, 0.1) is 27.7 Å². The van der Waals surface area contributed by atoms with Gasteiger partial charge in [-0.1, -0.05) is 0 Å². The molecule has 0 aliphatic carbocycles. The molecule has 10 heteroatoms. The second-order valence-corrected chi connectivity index (χ2v) is 3.95. The molecule has 0 aliphatic heterocycles. The zero-order valence-electron chi connectivity index (χ0n) is 12.9. The fourth-order valence-electron chi connectivity index (χ4n) is 1.65. The summed E-state index contributed by atoms with van der Waals surface area (Å²) >= 11 is 0. The molecule has 0 saturated heterocycles. The molecule has 0 aliphatic rings. The van der Waals surface area contributed by atoms with Crippen molar-refractivity contribution in [3.05, 3.63) is 34.9 Å². The predicted octanol–water partition coefficient (Wildman–Crippen LogP) is -2.78. The third-order valence-electron chi connectivity index (χ3n) is 2.16. The Labute approximate surface area is 128 Å². The highest BCUT2D eigenvalue weighted by Crippen LogP contribution is 2.12. The van der Waals surface area contributed by atoms with Crippen LogP contribution in [0.4, 0.5) is 0 Å². The first-order valence-electron chi connectivity index (χ1n) is 5.19. The molecule has 2 aromatic rings. The summed E-state index contributed by atoms with van der Waals surface area (Å²) in [6, 6.07) is 3.87. The summed E-state index contributed by atoms with van der Waals surface area (Å²) in [5.74, 6) is 1.20. The third kappa shape index (κ3) is 7.64. The molecule has 0 spiro atoms. The first-order chi connectivity index (χ1) is 7.54. The molecule has 12 N–H and O–H groups in total. The van der Waals surface area contributed by atoms with Crippen LogP contribution in [-0.2, 0) is 0 Å². The van der Waals surface area contributed by atoms with Crippen LogP contribution < -0.4 is 0 Å². The van der Waals surface area contributed by atoms with Crippen LogP contribution in [0.15, 0.2) is 12.1 Å². The molecule has 0 aromatic carbocycles. The van der Waals surface area contributed by atoms with Gasteiger partial charge in [0.2, 0.25) is 0 Å². The van der Waals surface area contributed by atoms with Crippen LogP contribution in [0.25, 0.3) is 11.6 Å². The summed E-state index contributed by atoms with van der Waals surface area (Å²) in [5.41, 5.74) is 3.74. The van der Waals surface area contributed by atoms with Gasteiger partial charge in [0.05, 0.1) is 0 Å². The minimum Gasteiger partial charge on any atom is -0.412 e. The van der Waals surface area contributed by atoms with Gasteiger partial charge >= 0.3 is 0 Å². The highest BCUT2D eigenvalue weighted by atomic mass is 16.0. The van der Waals surface area contributed by atoms with Gasteiger partial charge < -0.3 is 32.9 Å². The van der Waals surface area contributed by atoms with Gasteiger partial charge in [-0.05, 0) is 39.8 Å². The zero-order chi connectivity index (χ0) is 11.7. The second-order valence-electron chi connectivity index (χ2n) is 3.95. The first kappa shape index (κ1) is 32.0. The van der Waals surface area contributed by atoms with E-state index in [-0.39, 0.29) is 32.9 Å². The smallest absolute Gasteiger partial charge is 0.198 e. The van der Waals surface area contributed by atoms with E-state index >= 15 is 0 Å². The zero-order valence-corrected chi connectivity index (χ0v) is 12.9. The average Bonchev–Trinajstić information content (AvgIpc) is 2.14. The highest BCUT2D eigenvalue weighted by molar-refractivity contribution is 5.44. The fourth-order valence-corrected chi connectivity index (χ4v) is 1.65. The van der Waals surface area contributed by atoms with Gasteiger partial charge in [0.15, 0.2) is 11.6 Å². The Bertz CT molecular complexity index is 463. The standard InChI is InChI=1S/C12H14N4.6H2O/c1-7-5-8(2)14-11(13-7)12-15-9(3)6-10(4)16-12;;;;;;/h5-6H,1-4H3;6*1H2. The van der Waals surface area contributed by atoms with E-state index < -0.39 is 0 Å². The van der Waals surface area contributed by atoms with Crippen LogP contribution >= 0.6 is 0 Å². The molecule has 22 heavy (non-hydrogen) atoms. The van der Waals surface area contributed by atoms with E-state index in [0.29, 0.717) is 11.6 Å². The lowest BCUT2D eigenvalue weighted by molar-refractivity contribution is 0.823. The molecule has 0 saturated carbocycles. The molecule has 0 unspecified atom stereocenters. The Morgan fingerprint density at radius 1 is 0.455 bits per heavy atom. The maximum absolute atomic E-state index is 4.35. The van der Waals surface area contributed by atoms with Crippen molar-refractivity contribution in [2.75, 3.05) is 0 Å². The van der Waals surface area contributed by atoms with Crippen molar-refractivity contribution in [2.24, 2.45) is 0 Å². The van der Waals surface area contributed by atoms with E-state index in [9.17, 15) is 0 Å². The predicted molar refractivity (Wildman–Crippen MR) is 83.7 cm³/mol. The van der Waals surface area contributed by atoms with E-state index in [2.05, 4.69) is 19.9 Å². The van der Waals surface area contributed by atoms with Gasteiger partial charge in [0, 0.05) is 22.8 Å². The molecule has 2 heterocycles. The van der Waals surface area contributed by atoms with E-state index in [0.717, 1.165) is 22.8 Å². The third-order valence-corrected chi connectivity index (χ3v) is 2.16. The van der Waals surface area contributed by atoms with E-state index in [1.54, 1.807) is 0 Å². The minimum atomic E-state index is 0. The molecule has 0 amide bonds. The lowest BCUT2D eigenvalue weighted by atomic mass is 10.3. The summed E-state index contributed by atoms with van der Waals surface area (Å²) < 4.78 is 0. The second kappa shape index (κ2) is 12.6. The SMILES string of the molecule is Cc1cc(C)nc(-c2nc(C)cc(C)n2)n1.O.O.O.O.O.O. The molecule has 0 bridgehead atoms. The summed E-state index contributed by atoms with van der Waals surface area (Å²) in [7, 11) is 0. The summed E-state index contributed by atoms with van der Waals surface area (Å²) in [6.45, 7) is 7.78. The van der Waals surface area contributed by atoms with Crippen molar-refractivity contribution in [3.63, 3.8) is 0 Å². The molecule has 10 nitrogen and oxygen atoms in total. The number of aryl methyl sites for hydroxylation is 4. The van der Waals surface area contributed by atoms with Crippen LogP contribution in [-0.4, -0.2) is 52.8 Å². The quantitative estimate of drug-likeness (QED) is 0.540. The molecule has 2 aromatic heterocycles. The Hall–Kier alpha value is -2.08. The van der Waals surface area contributed by atoms with E-state index in [4.69, 9.17) is 0 Å². The molecule has 0 radical (unpaired) electrons. The first-order valence-corrected chi connectivity index (χ1v) is 5.19. The van der Waals surface area contributed by atoms with Gasteiger partial charge in [0.25, 0.3) is 0 Å². The normalized spacial score (nSPS) is 7.64. The summed E-state index contributed by atoms with van der Waals surface area (Å²) in [4.78, 5) is 17.4. The van der Waals surface area contributed by atoms with Crippen molar-refractivity contribution in [3.8, 4) is 11.6 Å². The van der Waals surface area contributed by atoms with Crippen molar-refractivity contribution < 1.29 is 32.9 Å². The number of hydrogen-bond acceptors (Lipinski definition) is 4. The molecular formula is C12H26N4O6. The molecule has 0 atom stereocenters. The van der Waals surface area contributed by atoms with Crippen LogP contribution in [0.3, 0.4) is 0 Å². The van der Waals surface area contributed by atoms with Crippen LogP contribution in [0.1, 0.15) is 22.8 Å². The van der Waals surface area contributed by atoms with Gasteiger partial charge in [-0.3, -0.25) is 0 Å². The largest absolute Gasteiger partial charge is 0.412 e. The molecule has 2 rings (SSSR count). The van der Waals surface area contributed by atoms with Crippen molar-refractivity contribution >= 4 is 0 Å². The maximum Gasteiger partial charge on any atom is 0.198 e. The Morgan fingerprint density at radius 3 is 0.818 bits per heavy atom. The van der Waals surface area contributed by atoms with Crippen molar-refractivity contribution in [1.29, 1.82) is 0 Å². The van der Waals surface area contributed by atoms with Crippen LogP contribution in [0.5, 0.6) is 0 Å². The summed E-state index contributed by atoms with van der Waals surface area (Å²) in [5, 5.41) is 0. The number of rotatable bonds is 1. The fraction of sp³-hybridized carbons (Fsp3) is 0.333. The lowest BCUT2D eigenvalue weighted by Gasteiger charge is -2.03. The van der Waals surface area contributed by atoms with Crippen LogP contribution in [0.2, 0.25) is 0 Å². The van der Waals surface area contributed by atoms with Gasteiger partial charge in [-0.2, -0.15) is 0 Å². The van der Waals surface area contributed by atoms with Crippen molar-refractivity contribution in [2.45, 2.75) is 27.7 Å². The highest BCUT2D eigenvalue weighted by Gasteiger charge is 2.07. The van der Waals surface area contributed by atoms with Crippen molar-refractivity contribution in [1.82, 2.24) is 19.9 Å². The minimum absolute atomic E-state index is 0. The van der Waals surface area contributed by atoms with Gasteiger partial charge in [-0.15, -0.1) is 0 Å². The van der Waals surface area contributed by atoms with E-state index in [1.165, 1.54) is 0 Å². The lowest BCUT2D eigenvalue weighted by Crippen LogP contribution is -2.00. The number of nitrogens with zero attached hydrogens (tertiary/aromatic N) is 4. The number of aromatic nitrogens is 4. The van der Waals surface area contributed by atoms with Gasteiger partial charge in [0.1, 0.15) is 0 Å². The monoisotopic (exact) mass is 322 g/mol. The Balaban J connectivity index is -0.000000161. The topological polar surface area (TPSA) is 241 Å². The van der Waals surface area contributed by atoms with E-state index in [1.807, 2.05) is 39.8 Å². The molecular weight excluding hydrogens is 296 g/mol.